The first-order chi connectivity index (χ1) is 14.8. The van der Waals surface area contributed by atoms with Gasteiger partial charge in [-0.05, 0) is 48.4 Å². The zero-order chi connectivity index (χ0) is 20.4. The Hall–Kier alpha value is -2.85. The number of fused-ring (bicyclic) bond motifs is 1. The fraction of sp³-hybridized carbons (Fsp3) is 0.346. The molecule has 30 heavy (non-hydrogen) atoms. The topological polar surface area (TPSA) is 42.7 Å². The van der Waals surface area contributed by atoms with Gasteiger partial charge >= 0.3 is 0 Å². The average molecular weight is 402 g/mol. The number of nitrogens with zero attached hydrogens (tertiary/aromatic N) is 1. The van der Waals surface area contributed by atoms with Crippen molar-refractivity contribution in [2.75, 3.05) is 13.2 Å². The van der Waals surface area contributed by atoms with E-state index in [0.717, 1.165) is 38.0 Å². The summed E-state index contributed by atoms with van der Waals surface area (Å²) in [5.74, 6) is 0.795. The molecule has 3 aromatic rings. The van der Waals surface area contributed by atoms with Gasteiger partial charge in [0.25, 0.3) is 5.91 Å². The maximum atomic E-state index is 13.4. The van der Waals surface area contributed by atoms with Crippen LogP contribution in [-0.4, -0.2) is 30.1 Å². The van der Waals surface area contributed by atoms with Crippen LogP contribution in [0.1, 0.15) is 40.9 Å². The van der Waals surface area contributed by atoms with E-state index in [2.05, 4.69) is 42.5 Å². The quantitative estimate of drug-likeness (QED) is 0.600. The van der Waals surface area contributed by atoms with E-state index in [0.29, 0.717) is 18.2 Å². The smallest absolute Gasteiger partial charge is 0.290 e. The molecule has 1 saturated carbocycles. The van der Waals surface area contributed by atoms with Crippen LogP contribution in [0.25, 0.3) is 0 Å². The van der Waals surface area contributed by atoms with E-state index in [4.69, 9.17) is 9.15 Å². The van der Waals surface area contributed by atoms with Gasteiger partial charge in [-0.15, -0.1) is 0 Å². The van der Waals surface area contributed by atoms with Gasteiger partial charge in [-0.3, -0.25) is 4.79 Å². The second-order valence-corrected chi connectivity index (χ2v) is 8.53. The highest BCUT2D eigenvalue weighted by Gasteiger charge is 2.52. The summed E-state index contributed by atoms with van der Waals surface area (Å²) in [4.78, 5) is 15.5. The van der Waals surface area contributed by atoms with Crippen molar-refractivity contribution in [1.82, 2.24) is 4.90 Å². The van der Waals surface area contributed by atoms with E-state index in [1.807, 2.05) is 23.1 Å². The van der Waals surface area contributed by atoms with E-state index in [9.17, 15) is 4.79 Å². The molecule has 0 unspecified atom stereocenters. The lowest BCUT2D eigenvalue weighted by Crippen LogP contribution is -2.40. The summed E-state index contributed by atoms with van der Waals surface area (Å²) in [5.41, 5.74) is 2.59. The highest BCUT2D eigenvalue weighted by molar-refractivity contribution is 5.91. The summed E-state index contributed by atoms with van der Waals surface area (Å²) in [7, 11) is 0. The molecule has 4 nitrogen and oxygen atoms in total. The van der Waals surface area contributed by atoms with Crippen molar-refractivity contribution in [2.45, 2.75) is 37.3 Å². The molecule has 2 fully saturated rings. The van der Waals surface area contributed by atoms with E-state index >= 15 is 0 Å². The van der Waals surface area contributed by atoms with Crippen LogP contribution in [0.5, 0.6) is 0 Å². The molecule has 0 radical (unpaired) electrons. The van der Waals surface area contributed by atoms with Gasteiger partial charge in [0.1, 0.15) is 0 Å². The van der Waals surface area contributed by atoms with Crippen molar-refractivity contribution < 1.29 is 13.9 Å². The van der Waals surface area contributed by atoms with Gasteiger partial charge in [0.05, 0.1) is 12.9 Å². The first-order valence-corrected chi connectivity index (χ1v) is 10.8. The Morgan fingerprint density at radius 3 is 2.50 bits per heavy atom. The molecule has 0 spiro atoms. The third-order valence-electron chi connectivity index (χ3n) is 6.93. The van der Waals surface area contributed by atoms with Gasteiger partial charge in [-0.25, -0.2) is 0 Å². The van der Waals surface area contributed by atoms with Gasteiger partial charge in [0.15, 0.2) is 5.76 Å². The molecule has 2 aliphatic rings. The molecule has 5 rings (SSSR count). The number of furan rings is 1. The number of carbonyl (C=O) groups is 1. The van der Waals surface area contributed by atoms with Crippen molar-refractivity contribution in [2.24, 2.45) is 5.92 Å². The van der Waals surface area contributed by atoms with Crippen molar-refractivity contribution >= 4 is 5.91 Å². The summed E-state index contributed by atoms with van der Waals surface area (Å²) < 4.78 is 11.4. The van der Waals surface area contributed by atoms with Crippen LogP contribution in [0.2, 0.25) is 0 Å². The minimum absolute atomic E-state index is 0.0309. The molecule has 3 atom stereocenters. The molecule has 154 valence electrons. The summed E-state index contributed by atoms with van der Waals surface area (Å²) >= 11 is 0. The highest BCUT2D eigenvalue weighted by atomic mass is 16.5. The van der Waals surface area contributed by atoms with Crippen LogP contribution in [0.4, 0.5) is 0 Å². The minimum atomic E-state index is -0.0309. The molecule has 2 heterocycles. The summed E-state index contributed by atoms with van der Waals surface area (Å²) in [5, 5.41) is 0. The van der Waals surface area contributed by atoms with Crippen LogP contribution in [0.3, 0.4) is 0 Å². The molecule has 2 aromatic carbocycles. The maximum absolute atomic E-state index is 13.4. The van der Waals surface area contributed by atoms with Gasteiger partial charge in [-0.1, -0.05) is 60.7 Å². The molecular formula is C26H27NO3. The lowest BCUT2D eigenvalue weighted by atomic mass is 9.69. The Morgan fingerprint density at radius 2 is 1.77 bits per heavy atom. The summed E-state index contributed by atoms with van der Waals surface area (Å²) in [6, 6.07) is 24.7. The Kier molecular flexibility index (Phi) is 5.17. The largest absolute Gasteiger partial charge is 0.459 e. The number of benzene rings is 2. The number of amides is 1. The predicted molar refractivity (Wildman–Crippen MR) is 115 cm³/mol. The zero-order valence-electron chi connectivity index (χ0n) is 17.1. The van der Waals surface area contributed by atoms with Crippen molar-refractivity contribution in [3.05, 3.63) is 95.9 Å². The van der Waals surface area contributed by atoms with Crippen LogP contribution in [0.15, 0.2) is 83.5 Å². The van der Waals surface area contributed by atoms with E-state index in [1.165, 1.54) is 5.56 Å². The fourth-order valence-electron chi connectivity index (χ4n) is 5.43. The SMILES string of the molecule is O=C(c1ccco1)N(Cc1ccccc1)[C@@H]1C[C@@H]2COCC[C@]2(c2ccccc2)C1. The second-order valence-electron chi connectivity index (χ2n) is 8.53. The van der Waals surface area contributed by atoms with Gasteiger partial charge in [0.2, 0.25) is 0 Å². The molecular weight excluding hydrogens is 374 g/mol. The van der Waals surface area contributed by atoms with Gasteiger partial charge in [-0.2, -0.15) is 0 Å². The number of ether oxygens (including phenoxy) is 1. The molecule has 1 aromatic heterocycles. The van der Waals surface area contributed by atoms with Crippen molar-refractivity contribution in [1.29, 1.82) is 0 Å². The van der Waals surface area contributed by atoms with Crippen LogP contribution < -0.4 is 0 Å². The van der Waals surface area contributed by atoms with Crippen LogP contribution in [0, 0.1) is 5.92 Å². The molecule has 0 N–H and O–H groups in total. The van der Waals surface area contributed by atoms with Crippen molar-refractivity contribution in [3.8, 4) is 0 Å². The predicted octanol–water partition coefficient (Wildman–Crippen LogP) is 5.06. The minimum Gasteiger partial charge on any atom is -0.459 e. The Morgan fingerprint density at radius 1 is 1.00 bits per heavy atom. The molecule has 1 aliphatic heterocycles. The molecule has 1 saturated heterocycles. The number of rotatable bonds is 5. The first-order valence-electron chi connectivity index (χ1n) is 10.8. The normalized spacial score (nSPS) is 25.6. The lowest BCUT2D eigenvalue weighted by Gasteiger charge is -2.40. The molecule has 0 bridgehead atoms. The lowest BCUT2D eigenvalue weighted by molar-refractivity contribution is 0.0124. The van der Waals surface area contributed by atoms with Crippen LogP contribution in [-0.2, 0) is 16.7 Å². The van der Waals surface area contributed by atoms with E-state index in [-0.39, 0.29) is 17.4 Å². The fourth-order valence-corrected chi connectivity index (χ4v) is 5.43. The Bertz CT molecular complexity index is 970. The average Bonchev–Trinajstić information content (AvgIpc) is 3.47. The maximum Gasteiger partial charge on any atom is 0.290 e. The standard InChI is InChI=1S/C26H27NO3/c28-25(24-12-7-14-30-24)27(18-20-8-3-1-4-9-20)23-16-22-19-29-15-13-26(22,17-23)21-10-5-2-6-11-21/h1-12,14,22-23H,13,15-19H2/t22-,23-,26-/m1/s1. The van der Waals surface area contributed by atoms with E-state index < -0.39 is 0 Å². The highest BCUT2D eigenvalue weighted by Crippen LogP contribution is 2.51. The molecule has 1 aliphatic carbocycles. The first kappa shape index (κ1) is 19.1. The van der Waals surface area contributed by atoms with Gasteiger partial charge in [0, 0.05) is 24.6 Å². The van der Waals surface area contributed by atoms with E-state index in [1.54, 1.807) is 18.4 Å². The number of hydrogen-bond donors (Lipinski definition) is 0. The number of carbonyl (C=O) groups excluding carboxylic acids is 1. The monoisotopic (exact) mass is 401 g/mol. The summed E-state index contributed by atoms with van der Waals surface area (Å²) in [6.45, 7) is 2.13. The van der Waals surface area contributed by atoms with Gasteiger partial charge < -0.3 is 14.1 Å². The molecule has 1 amide bonds. The second kappa shape index (κ2) is 8.11. The van der Waals surface area contributed by atoms with Crippen LogP contribution >= 0.6 is 0 Å². The zero-order valence-corrected chi connectivity index (χ0v) is 17.1. The van der Waals surface area contributed by atoms with Crippen molar-refractivity contribution in [3.63, 3.8) is 0 Å². The third-order valence-corrected chi connectivity index (χ3v) is 6.93. The Balaban J connectivity index is 1.49. The Labute approximate surface area is 177 Å². The third kappa shape index (κ3) is 3.46. The summed E-state index contributed by atoms with van der Waals surface area (Å²) in [6.07, 6.45) is 4.49. The molecule has 4 heteroatoms. The number of hydrogen-bond acceptors (Lipinski definition) is 3.